The smallest absolute Gasteiger partial charge is 0.306 e. The summed E-state index contributed by atoms with van der Waals surface area (Å²) in [6, 6.07) is 13.3. The van der Waals surface area contributed by atoms with Crippen LogP contribution in [0, 0.1) is 11.6 Å². The fourth-order valence-electron chi connectivity index (χ4n) is 6.84. The Kier molecular flexibility index (Phi) is 13.4. The summed E-state index contributed by atoms with van der Waals surface area (Å²) in [5.41, 5.74) is 1.48. The Labute approximate surface area is 336 Å². The molecule has 4 aromatic rings. The SMILES string of the molecule is C[Si](C)(C)CCOCN(c1ccc(F)c(C(=O)c2cn(COCC[Si](C)(C)C)c3ncc(-c4ccc(N5CCNCC5)cc4)cc23)c1F)S(=O)(=O)N1CC[C@@H](F)C1. The number of alkyl halides is 1. The van der Waals surface area contributed by atoms with Crippen LogP contribution >= 0.6 is 0 Å². The molecule has 2 aliphatic heterocycles. The maximum atomic E-state index is 16.9. The lowest BCUT2D eigenvalue weighted by Crippen LogP contribution is -2.45. The van der Waals surface area contributed by atoms with Crippen LogP contribution in [0.3, 0.4) is 0 Å². The summed E-state index contributed by atoms with van der Waals surface area (Å²) in [4.78, 5) is 21.5. The summed E-state index contributed by atoms with van der Waals surface area (Å²) in [5.74, 6) is -3.52. The molecule has 2 fully saturated rings. The number of pyridine rings is 1. The van der Waals surface area contributed by atoms with Gasteiger partial charge in [0, 0.05) is 97.7 Å². The first-order chi connectivity index (χ1) is 26.9. The lowest BCUT2D eigenvalue weighted by Gasteiger charge is -2.29. The zero-order valence-electron chi connectivity index (χ0n) is 33.8. The molecule has 57 heavy (non-hydrogen) atoms. The Balaban J connectivity index is 1.39. The number of anilines is 2. The Morgan fingerprint density at radius 3 is 2.23 bits per heavy atom. The Bertz CT molecular complexity index is 2160. The van der Waals surface area contributed by atoms with Crippen molar-refractivity contribution in [2.45, 2.75) is 70.7 Å². The van der Waals surface area contributed by atoms with Crippen molar-refractivity contribution in [1.82, 2.24) is 19.2 Å². The molecule has 2 saturated heterocycles. The number of nitrogens with one attached hydrogen (secondary N) is 1. The summed E-state index contributed by atoms with van der Waals surface area (Å²) in [5, 5.41) is 3.71. The highest BCUT2D eigenvalue weighted by atomic mass is 32.2. The minimum atomic E-state index is -4.54. The van der Waals surface area contributed by atoms with Crippen molar-refractivity contribution in [3.8, 4) is 11.1 Å². The summed E-state index contributed by atoms with van der Waals surface area (Å²) in [6.45, 7) is 16.3. The van der Waals surface area contributed by atoms with E-state index in [4.69, 9.17) is 14.5 Å². The average Bonchev–Trinajstić information content (AvgIpc) is 3.77. The van der Waals surface area contributed by atoms with Crippen LogP contribution in [0.25, 0.3) is 22.2 Å². The van der Waals surface area contributed by atoms with Gasteiger partial charge < -0.3 is 24.3 Å². The molecule has 2 aromatic heterocycles. The van der Waals surface area contributed by atoms with Gasteiger partial charge in [-0.05, 0) is 54.4 Å². The molecule has 17 heteroatoms. The van der Waals surface area contributed by atoms with Gasteiger partial charge >= 0.3 is 10.2 Å². The van der Waals surface area contributed by atoms with Crippen LogP contribution < -0.4 is 14.5 Å². The van der Waals surface area contributed by atoms with Gasteiger partial charge in [-0.15, -0.1) is 0 Å². The van der Waals surface area contributed by atoms with Crippen LogP contribution in [-0.2, 0) is 26.4 Å². The van der Waals surface area contributed by atoms with Gasteiger partial charge in [-0.3, -0.25) is 4.79 Å². The molecule has 0 aliphatic carbocycles. The van der Waals surface area contributed by atoms with Crippen LogP contribution in [0.5, 0.6) is 0 Å². The van der Waals surface area contributed by atoms with Crippen molar-refractivity contribution < 1.29 is 35.9 Å². The van der Waals surface area contributed by atoms with E-state index >= 15 is 8.78 Å². The zero-order chi connectivity index (χ0) is 41.1. The number of rotatable bonds is 17. The van der Waals surface area contributed by atoms with Gasteiger partial charge in [-0.2, -0.15) is 12.7 Å². The molecular weight excluding hydrogens is 790 g/mol. The second-order valence-corrected chi connectivity index (χ2v) is 30.4. The fraction of sp³-hybridized carbons (Fsp3) is 0.500. The zero-order valence-corrected chi connectivity index (χ0v) is 36.6. The number of carbonyl (C=O) groups is 1. The summed E-state index contributed by atoms with van der Waals surface area (Å²) < 4.78 is 89.9. The van der Waals surface area contributed by atoms with E-state index in [1.165, 1.54) is 6.20 Å². The molecule has 6 rings (SSSR count). The third-order valence-corrected chi connectivity index (χ3v) is 15.6. The maximum Gasteiger partial charge on any atom is 0.306 e. The summed E-state index contributed by atoms with van der Waals surface area (Å²) in [6.07, 6.45) is 1.78. The molecule has 1 N–H and O–H groups in total. The minimum absolute atomic E-state index is 0.0125. The largest absolute Gasteiger partial charge is 0.369 e. The van der Waals surface area contributed by atoms with Gasteiger partial charge in [0.05, 0.1) is 16.8 Å². The van der Waals surface area contributed by atoms with Crippen LogP contribution in [-0.4, -0.2) is 110 Å². The van der Waals surface area contributed by atoms with Crippen LogP contribution in [0.2, 0.25) is 51.4 Å². The second kappa shape index (κ2) is 17.7. The van der Waals surface area contributed by atoms with Crippen molar-refractivity contribution in [2.24, 2.45) is 0 Å². The molecule has 0 radical (unpaired) electrons. The van der Waals surface area contributed by atoms with Gasteiger partial charge in [0.2, 0.25) is 5.78 Å². The van der Waals surface area contributed by atoms with Crippen molar-refractivity contribution in [1.29, 1.82) is 0 Å². The molecular formula is C40H55F3N6O5SSi2. The predicted molar refractivity (Wildman–Crippen MR) is 226 cm³/mol. The van der Waals surface area contributed by atoms with E-state index in [2.05, 4.69) is 49.5 Å². The van der Waals surface area contributed by atoms with Crippen LogP contribution in [0.1, 0.15) is 22.3 Å². The first-order valence-corrected chi connectivity index (χ1v) is 28.4. The van der Waals surface area contributed by atoms with Crippen molar-refractivity contribution in [3.63, 3.8) is 0 Å². The number of fused-ring (bicyclic) bond motifs is 1. The van der Waals surface area contributed by atoms with Crippen LogP contribution in [0.4, 0.5) is 24.5 Å². The topological polar surface area (TPSA) is 109 Å². The molecule has 11 nitrogen and oxygen atoms in total. The molecule has 2 aliphatic rings. The summed E-state index contributed by atoms with van der Waals surface area (Å²) in [7, 11) is -7.53. The number of aromatic nitrogens is 2. The molecule has 0 spiro atoms. The molecule has 0 bridgehead atoms. The quantitative estimate of drug-likeness (QED) is 0.0510. The number of benzene rings is 2. The number of hydrogen-bond donors (Lipinski definition) is 1. The highest BCUT2D eigenvalue weighted by Crippen LogP contribution is 2.34. The average molecular weight is 845 g/mol. The standard InChI is InChI=1S/C40H55F3N6O5SSi2/c1-56(2,3)21-19-53-27-47-26-34(33-23-30(24-45-40(33)47)29-7-9-32(10-8-29)46-17-14-44-15-18-46)39(50)37-35(42)11-12-36(38(37)43)49(28-54-20-22-57(4,5)6)55(51,52)48-16-13-31(41)25-48/h7-12,23-24,26,31,44H,13-22,25,27-28H2,1-6H3/t31-/m1/s1. The van der Waals surface area contributed by atoms with Crippen LogP contribution in [0.15, 0.2) is 54.9 Å². The Morgan fingerprint density at radius 2 is 1.60 bits per heavy atom. The highest BCUT2D eigenvalue weighted by molar-refractivity contribution is 7.90. The molecule has 1 atom stereocenters. The number of halogens is 3. The third-order valence-electron chi connectivity index (χ3n) is 10.3. The van der Waals surface area contributed by atoms with E-state index in [0.29, 0.717) is 33.6 Å². The van der Waals surface area contributed by atoms with E-state index < -0.39 is 74.5 Å². The summed E-state index contributed by atoms with van der Waals surface area (Å²) >= 11 is 0. The molecule has 4 heterocycles. The maximum absolute atomic E-state index is 16.9. The first-order valence-electron chi connectivity index (χ1n) is 19.6. The van der Waals surface area contributed by atoms with Crippen molar-refractivity contribution in [2.75, 3.05) is 68.4 Å². The van der Waals surface area contributed by atoms with E-state index in [9.17, 15) is 17.6 Å². The molecule has 0 unspecified atom stereocenters. The lowest BCUT2D eigenvalue weighted by atomic mass is 9.99. The van der Waals surface area contributed by atoms with E-state index in [1.54, 1.807) is 16.8 Å². The Morgan fingerprint density at radius 1 is 0.930 bits per heavy atom. The van der Waals surface area contributed by atoms with Crippen molar-refractivity contribution >= 4 is 54.5 Å². The highest BCUT2D eigenvalue weighted by Gasteiger charge is 2.38. The fourth-order valence-corrected chi connectivity index (χ4v) is 9.91. The van der Waals surface area contributed by atoms with Gasteiger partial charge in [0.25, 0.3) is 0 Å². The normalized spacial score (nSPS) is 17.1. The number of piperazine rings is 1. The first kappa shape index (κ1) is 43.0. The molecule has 0 saturated carbocycles. The van der Waals surface area contributed by atoms with E-state index in [-0.39, 0.29) is 31.9 Å². The van der Waals surface area contributed by atoms with Gasteiger partial charge in [0.15, 0.2) is 5.82 Å². The second-order valence-electron chi connectivity index (χ2n) is 17.3. The minimum Gasteiger partial charge on any atom is -0.369 e. The number of hydrogen-bond acceptors (Lipinski definition) is 8. The molecule has 0 amide bonds. The van der Waals surface area contributed by atoms with Gasteiger partial charge in [-0.25, -0.2) is 22.5 Å². The number of carbonyl (C=O) groups excluding carboxylic acids is 1. The third kappa shape index (κ3) is 10.4. The predicted octanol–water partition coefficient (Wildman–Crippen LogP) is 7.34. The van der Waals surface area contributed by atoms with Crippen molar-refractivity contribution in [3.05, 3.63) is 77.6 Å². The number of ketones is 1. The molecule has 2 aromatic carbocycles. The van der Waals surface area contributed by atoms with E-state index in [1.807, 2.05) is 24.3 Å². The van der Waals surface area contributed by atoms with Gasteiger partial charge in [0.1, 0.15) is 31.1 Å². The molecule has 310 valence electrons. The number of nitrogens with zero attached hydrogens (tertiary/aromatic N) is 5. The Hall–Kier alpha value is -3.59. The monoisotopic (exact) mass is 844 g/mol. The van der Waals surface area contributed by atoms with Gasteiger partial charge in [-0.1, -0.05) is 51.4 Å². The number of ether oxygens (including phenoxy) is 2. The van der Waals surface area contributed by atoms with E-state index in [0.717, 1.165) is 59.9 Å². The lowest BCUT2D eigenvalue weighted by molar-refractivity contribution is 0.0896.